The number of aryl methyl sites for hydroxylation is 1. The second-order valence-electron chi connectivity index (χ2n) is 3.98. The largest absolute Gasteiger partial charge is 0.433 e. The Morgan fingerprint density at radius 2 is 1.89 bits per heavy atom. The molecular weight excluding hydrogens is 261 g/mol. The summed E-state index contributed by atoms with van der Waals surface area (Å²) in [5.74, 6) is -1.04. The molecule has 0 aliphatic rings. The van der Waals surface area contributed by atoms with Gasteiger partial charge in [0.2, 0.25) is 0 Å². The molecule has 0 atom stereocenters. The van der Waals surface area contributed by atoms with Crippen molar-refractivity contribution in [2.75, 3.05) is 5.73 Å². The van der Waals surface area contributed by atoms with Crippen molar-refractivity contribution in [3.63, 3.8) is 0 Å². The molecule has 2 aromatic rings. The molecule has 0 unspecified atom stereocenters. The van der Waals surface area contributed by atoms with Crippen molar-refractivity contribution in [2.45, 2.75) is 13.1 Å². The van der Waals surface area contributed by atoms with Crippen molar-refractivity contribution in [3.05, 3.63) is 29.0 Å². The summed E-state index contributed by atoms with van der Waals surface area (Å²) < 4.78 is 37.8. The number of nitrogens with two attached hydrogens (primary N) is 2. The zero-order valence-electron chi connectivity index (χ0n) is 9.75. The molecule has 19 heavy (non-hydrogen) atoms. The van der Waals surface area contributed by atoms with Gasteiger partial charge in [-0.15, -0.1) is 0 Å². The molecule has 0 aromatic carbocycles. The molecule has 2 rings (SSSR count). The molecule has 0 saturated carbocycles. The fourth-order valence-corrected chi connectivity index (χ4v) is 1.66. The molecule has 2 aromatic heterocycles. The molecule has 8 heteroatoms. The van der Waals surface area contributed by atoms with Crippen molar-refractivity contribution in [3.8, 4) is 0 Å². The topological polar surface area (TPSA) is 94.9 Å². The molecule has 0 aliphatic heterocycles. The first kappa shape index (κ1) is 13.1. The highest BCUT2D eigenvalue weighted by molar-refractivity contribution is 6.00. The summed E-state index contributed by atoms with van der Waals surface area (Å²) in [5.41, 5.74) is 9.57. The third kappa shape index (κ3) is 2.28. The van der Waals surface area contributed by atoms with E-state index in [0.29, 0.717) is 5.39 Å². The minimum Gasteiger partial charge on any atom is -0.383 e. The van der Waals surface area contributed by atoms with Crippen LogP contribution in [0.3, 0.4) is 0 Å². The molecule has 5 nitrogen and oxygen atoms in total. The lowest BCUT2D eigenvalue weighted by atomic mass is 10.1. The van der Waals surface area contributed by atoms with E-state index in [1.165, 1.54) is 13.0 Å². The quantitative estimate of drug-likeness (QED) is 0.823. The van der Waals surface area contributed by atoms with Gasteiger partial charge in [0.05, 0.1) is 5.56 Å². The third-order valence-corrected chi connectivity index (χ3v) is 2.59. The maximum Gasteiger partial charge on any atom is 0.433 e. The van der Waals surface area contributed by atoms with E-state index in [0.717, 1.165) is 6.07 Å². The van der Waals surface area contributed by atoms with Gasteiger partial charge in [0.25, 0.3) is 5.91 Å². The number of pyridine rings is 2. The van der Waals surface area contributed by atoms with Crippen LogP contribution in [0.2, 0.25) is 0 Å². The lowest BCUT2D eigenvalue weighted by molar-refractivity contribution is -0.141. The summed E-state index contributed by atoms with van der Waals surface area (Å²) in [4.78, 5) is 18.2. The van der Waals surface area contributed by atoms with Gasteiger partial charge in [0, 0.05) is 5.39 Å². The number of primary amides is 1. The predicted molar refractivity (Wildman–Crippen MR) is 62.2 cm³/mol. The van der Waals surface area contributed by atoms with Crippen molar-refractivity contribution in [2.24, 2.45) is 5.73 Å². The van der Waals surface area contributed by atoms with Gasteiger partial charge in [-0.1, -0.05) is 0 Å². The number of nitrogens with zero attached hydrogens (tertiary/aromatic N) is 2. The number of fused-ring (bicyclic) bond motifs is 1. The van der Waals surface area contributed by atoms with Gasteiger partial charge in [-0.3, -0.25) is 4.79 Å². The lowest BCUT2D eigenvalue weighted by Crippen LogP contribution is -2.15. The maximum absolute atomic E-state index is 12.6. The van der Waals surface area contributed by atoms with Gasteiger partial charge in [-0.2, -0.15) is 13.2 Å². The van der Waals surface area contributed by atoms with Crippen LogP contribution in [0.1, 0.15) is 21.6 Å². The summed E-state index contributed by atoms with van der Waals surface area (Å²) in [5, 5.41) is 0.302. The van der Waals surface area contributed by atoms with E-state index in [-0.39, 0.29) is 22.6 Å². The fraction of sp³-hybridized carbons (Fsp3) is 0.182. The number of alkyl halides is 3. The minimum absolute atomic E-state index is 0.0443. The zero-order valence-corrected chi connectivity index (χ0v) is 9.75. The second-order valence-corrected chi connectivity index (χ2v) is 3.98. The first-order valence-corrected chi connectivity index (χ1v) is 5.15. The molecule has 100 valence electrons. The second kappa shape index (κ2) is 4.08. The van der Waals surface area contributed by atoms with E-state index in [1.54, 1.807) is 0 Å². The van der Waals surface area contributed by atoms with Crippen LogP contribution in [0.4, 0.5) is 19.0 Å². The van der Waals surface area contributed by atoms with Crippen LogP contribution in [-0.4, -0.2) is 15.9 Å². The number of rotatable bonds is 1. The Morgan fingerprint density at radius 3 is 2.42 bits per heavy atom. The molecule has 0 bridgehead atoms. The highest BCUT2D eigenvalue weighted by Crippen LogP contribution is 2.31. The molecule has 0 fully saturated rings. The Morgan fingerprint density at radius 1 is 1.26 bits per heavy atom. The Bertz CT molecular complexity index is 682. The SMILES string of the molecule is Cc1cc(C(F)(F)F)nc2nc(N)c(C(N)=O)cc12. The molecule has 0 spiro atoms. The van der Waals surface area contributed by atoms with Crippen molar-refractivity contribution < 1.29 is 18.0 Å². The maximum atomic E-state index is 12.6. The van der Waals surface area contributed by atoms with Gasteiger partial charge in [-0.05, 0) is 24.6 Å². The van der Waals surface area contributed by atoms with Gasteiger partial charge in [-0.25, -0.2) is 9.97 Å². The summed E-state index contributed by atoms with van der Waals surface area (Å²) in [6.07, 6.45) is -4.57. The molecule has 0 radical (unpaired) electrons. The smallest absolute Gasteiger partial charge is 0.383 e. The van der Waals surface area contributed by atoms with E-state index >= 15 is 0 Å². The first-order chi connectivity index (χ1) is 8.70. The Hall–Kier alpha value is -2.38. The number of hydrogen-bond acceptors (Lipinski definition) is 4. The number of nitrogen functional groups attached to an aromatic ring is 1. The van der Waals surface area contributed by atoms with Gasteiger partial charge < -0.3 is 11.5 Å². The number of aromatic nitrogens is 2. The first-order valence-electron chi connectivity index (χ1n) is 5.15. The van der Waals surface area contributed by atoms with Crippen molar-refractivity contribution >= 4 is 22.8 Å². The van der Waals surface area contributed by atoms with Crippen molar-refractivity contribution in [1.82, 2.24) is 9.97 Å². The number of amides is 1. The normalized spacial score (nSPS) is 11.8. The fourth-order valence-electron chi connectivity index (χ4n) is 1.66. The predicted octanol–water partition coefficient (Wildman–Crippen LogP) is 1.64. The highest BCUT2D eigenvalue weighted by Gasteiger charge is 2.33. The number of carbonyl (C=O) groups excluding carboxylic acids is 1. The monoisotopic (exact) mass is 270 g/mol. The molecule has 1 amide bonds. The number of anilines is 1. The van der Waals surface area contributed by atoms with Gasteiger partial charge >= 0.3 is 6.18 Å². The van der Waals surface area contributed by atoms with E-state index in [4.69, 9.17) is 11.5 Å². The van der Waals surface area contributed by atoms with Crippen LogP contribution in [0.25, 0.3) is 11.0 Å². The van der Waals surface area contributed by atoms with Crippen LogP contribution >= 0.6 is 0 Å². The van der Waals surface area contributed by atoms with Crippen LogP contribution in [0.15, 0.2) is 12.1 Å². The summed E-state index contributed by atoms with van der Waals surface area (Å²) >= 11 is 0. The van der Waals surface area contributed by atoms with Crippen LogP contribution in [0, 0.1) is 6.92 Å². The average Bonchev–Trinajstić information content (AvgIpc) is 2.26. The average molecular weight is 270 g/mol. The number of halogens is 3. The van der Waals surface area contributed by atoms with Crippen LogP contribution in [0.5, 0.6) is 0 Å². The zero-order chi connectivity index (χ0) is 14.4. The van der Waals surface area contributed by atoms with Crippen LogP contribution < -0.4 is 11.5 Å². The van der Waals surface area contributed by atoms with Gasteiger partial charge in [0.15, 0.2) is 5.65 Å². The Labute approximate surface area is 105 Å². The Balaban J connectivity index is 2.78. The lowest BCUT2D eigenvalue weighted by Gasteiger charge is -2.10. The van der Waals surface area contributed by atoms with Crippen molar-refractivity contribution in [1.29, 1.82) is 0 Å². The van der Waals surface area contributed by atoms with Gasteiger partial charge in [0.1, 0.15) is 11.5 Å². The van der Waals surface area contributed by atoms with Crippen LogP contribution in [-0.2, 0) is 6.18 Å². The minimum atomic E-state index is -4.57. The third-order valence-electron chi connectivity index (χ3n) is 2.59. The molecule has 4 N–H and O–H groups in total. The number of carbonyl (C=O) groups is 1. The molecule has 0 saturated heterocycles. The molecule has 0 aliphatic carbocycles. The van der Waals surface area contributed by atoms with E-state index in [2.05, 4.69) is 9.97 Å². The van der Waals surface area contributed by atoms with E-state index < -0.39 is 17.8 Å². The highest BCUT2D eigenvalue weighted by atomic mass is 19.4. The molecule has 2 heterocycles. The molecular formula is C11H9F3N4O. The Kier molecular flexibility index (Phi) is 2.80. The summed E-state index contributed by atoms with van der Waals surface area (Å²) in [6.45, 7) is 1.46. The van der Waals surface area contributed by atoms with E-state index in [1.807, 2.05) is 0 Å². The standard InChI is InChI=1S/C11H9F3N4O/c1-4-2-7(11(12,13)14)17-10-5(4)3-6(9(16)19)8(15)18-10/h2-3H,1H3,(H2,16,19)(H2,15,17,18). The summed E-state index contributed by atoms with van der Waals surface area (Å²) in [7, 11) is 0. The number of hydrogen-bond donors (Lipinski definition) is 2. The van der Waals surface area contributed by atoms with E-state index in [9.17, 15) is 18.0 Å². The summed E-state index contributed by atoms with van der Waals surface area (Å²) in [6, 6.07) is 2.17.